The molecule has 1 fully saturated rings. The molecule has 1 aromatic heterocycles. The van der Waals surface area contributed by atoms with E-state index >= 15 is 0 Å². The predicted octanol–water partition coefficient (Wildman–Crippen LogP) is 3.91. The van der Waals surface area contributed by atoms with Crippen LogP contribution in [0.2, 0.25) is 0 Å². The Bertz CT molecular complexity index is 1250. The van der Waals surface area contributed by atoms with Gasteiger partial charge in [-0.15, -0.1) is 0 Å². The molecule has 4 rings (SSSR count). The van der Waals surface area contributed by atoms with Gasteiger partial charge in [0, 0.05) is 30.8 Å². The van der Waals surface area contributed by atoms with Crippen LogP contribution in [0.5, 0.6) is 11.5 Å². The highest BCUT2D eigenvalue weighted by molar-refractivity contribution is 5.87. The first-order valence-corrected chi connectivity index (χ1v) is 10.7. The van der Waals surface area contributed by atoms with Gasteiger partial charge in [0.05, 0.1) is 23.9 Å². The smallest absolute Gasteiger partial charge is 0.290 e. The number of ether oxygens (including phenoxy) is 1. The average molecular weight is 482 g/mol. The highest BCUT2D eigenvalue weighted by Gasteiger charge is 2.23. The molecule has 0 bridgehead atoms. The standard InChI is InChI=1S/C24H22F2N4O2.CH2O2/c1-32-21-5-4-14(10-19(21)26)23-20(31)12-22(30-8-6-17(28)7-9-30)29-24(23)15-2-3-16(13-27)18(25)11-15;2-1-3/h2-5,10-12,17H,6-9,28H2,1H3,(H,29,31);1H,(H,2,3). The molecule has 0 radical (unpaired) electrons. The van der Waals surface area contributed by atoms with Gasteiger partial charge in [-0.05, 0) is 42.7 Å². The highest BCUT2D eigenvalue weighted by atomic mass is 19.1. The molecule has 2 heterocycles. The van der Waals surface area contributed by atoms with Gasteiger partial charge in [-0.3, -0.25) is 4.79 Å². The summed E-state index contributed by atoms with van der Waals surface area (Å²) < 4.78 is 33.8. The van der Waals surface area contributed by atoms with Crippen molar-refractivity contribution in [2.45, 2.75) is 18.9 Å². The lowest BCUT2D eigenvalue weighted by molar-refractivity contribution is -0.122. The van der Waals surface area contributed by atoms with E-state index < -0.39 is 11.6 Å². The zero-order chi connectivity index (χ0) is 25.5. The second-order valence-electron chi connectivity index (χ2n) is 7.81. The van der Waals surface area contributed by atoms with Crippen molar-refractivity contribution in [1.29, 1.82) is 5.26 Å². The van der Waals surface area contributed by atoms with Crippen LogP contribution in [0.3, 0.4) is 0 Å². The van der Waals surface area contributed by atoms with Gasteiger partial charge in [-0.2, -0.15) is 5.26 Å². The van der Waals surface area contributed by atoms with Crippen molar-refractivity contribution in [2.75, 3.05) is 25.1 Å². The lowest BCUT2D eigenvalue weighted by Gasteiger charge is -2.31. The summed E-state index contributed by atoms with van der Waals surface area (Å²) in [6.45, 7) is 1.09. The van der Waals surface area contributed by atoms with E-state index in [0.29, 0.717) is 30.0 Å². The second-order valence-corrected chi connectivity index (χ2v) is 7.81. The number of rotatable bonds is 4. The molecule has 0 amide bonds. The Morgan fingerprint density at radius 1 is 1.14 bits per heavy atom. The molecule has 8 nitrogen and oxygen atoms in total. The minimum Gasteiger partial charge on any atom is -0.507 e. The molecule has 182 valence electrons. The van der Waals surface area contributed by atoms with Crippen molar-refractivity contribution >= 4 is 12.3 Å². The fraction of sp³-hybridized carbons (Fsp3) is 0.240. The van der Waals surface area contributed by atoms with Crippen LogP contribution in [0.4, 0.5) is 14.6 Å². The van der Waals surface area contributed by atoms with Crippen molar-refractivity contribution in [3.05, 3.63) is 59.7 Å². The molecular formula is C25H24F2N4O4. The maximum atomic E-state index is 14.4. The van der Waals surface area contributed by atoms with Crippen LogP contribution in [0.25, 0.3) is 22.4 Å². The van der Waals surface area contributed by atoms with E-state index in [9.17, 15) is 13.9 Å². The zero-order valence-electron chi connectivity index (χ0n) is 18.9. The molecule has 4 N–H and O–H groups in total. The quantitative estimate of drug-likeness (QED) is 0.477. The summed E-state index contributed by atoms with van der Waals surface area (Å²) in [5, 5.41) is 26.9. The topological polar surface area (TPSA) is 133 Å². The number of piperidine rings is 1. The molecule has 0 unspecified atom stereocenters. The molecule has 35 heavy (non-hydrogen) atoms. The Kier molecular flexibility index (Phi) is 8.17. The zero-order valence-corrected chi connectivity index (χ0v) is 18.9. The number of methoxy groups -OCH3 is 1. The van der Waals surface area contributed by atoms with Crippen LogP contribution in [0, 0.1) is 23.0 Å². The van der Waals surface area contributed by atoms with E-state index in [1.165, 1.54) is 37.4 Å². The maximum Gasteiger partial charge on any atom is 0.290 e. The number of aromatic nitrogens is 1. The van der Waals surface area contributed by atoms with Gasteiger partial charge in [0.25, 0.3) is 6.47 Å². The minimum atomic E-state index is -0.701. The van der Waals surface area contributed by atoms with Crippen molar-refractivity contribution in [2.24, 2.45) is 5.73 Å². The molecule has 0 atom stereocenters. The van der Waals surface area contributed by atoms with Crippen LogP contribution in [-0.4, -0.2) is 47.9 Å². The third-order valence-electron chi connectivity index (χ3n) is 5.65. The van der Waals surface area contributed by atoms with Gasteiger partial charge in [0.1, 0.15) is 23.5 Å². The molecule has 2 aromatic carbocycles. The number of hydrogen-bond acceptors (Lipinski definition) is 7. The van der Waals surface area contributed by atoms with E-state index in [4.69, 9.17) is 30.6 Å². The monoisotopic (exact) mass is 482 g/mol. The molecule has 1 aliphatic rings. The fourth-order valence-corrected chi connectivity index (χ4v) is 3.88. The molecule has 0 saturated carbocycles. The van der Waals surface area contributed by atoms with Crippen LogP contribution in [0.1, 0.15) is 18.4 Å². The molecular weight excluding hydrogens is 458 g/mol. The fourth-order valence-electron chi connectivity index (χ4n) is 3.88. The Morgan fingerprint density at radius 3 is 2.34 bits per heavy atom. The number of carboxylic acid groups (broad SMARTS) is 1. The summed E-state index contributed by atoms with van der Waals surface area (Å²) in [7, 11) is 1.36. The van der Waals surface area contributed by atoms with Crippen molar-refractivity contribution in [1.82, 2.24) is 4.98 Å². The number of pyridine rings is 1. The number of benzene rings is 2. The van der Waals surface area contributed by atoms with E-state index in [1.807, 2.05) is 4.90 Å². The Morgan fingerprint density at radius 2 is 1.77 bits per heavy atom. The number of aromatic hydroxyl groups is 1. The summed E-state index contributed by atoms with van der Waals surface area (Å²) in [6.07, 6.45) is 1.57. The van der Waals surface area contributed by atoms with Crippen LogP contribution >= 0.6 is 0 Å². The van der Waals surface area contributed by atoms with Crippen LogP contribution < -0.4 is 15.4 Å². The van der Waals surface area contributed by atoms with Crippen LogP contribution in [-0.2, 0) is 4.79 Å². The number of halogens is 2. The predicted molar refractivity (Wildman–Crippen MR) is 126 cm³/mol. The van der Waals surface area contributed by atoms with Gasteiger partial charge < -0.3 is 25.6 Å². The van der Waals surface area contributed by atoms with E-state index in [1.54, 1.807) is 18.2 Å². The van der Waals surface area contributed by atoms with Gasteiger partial charge in [-0.1, -0.05) is 12.1 Å². The van der Waals surface area contributed by atoms with Gasteiger partial charge in [0.2, 0.25) is 0 Å². The molecule has 0 aliphatic carbocycles. The number of anilines is 1. The molecule has 1 saturated heterocycles. The Hall–Kier alpha value is -4.23. The van der Waals surface area contributed by atoms with E-state index in [0.717, 1.165) is 12.8 Å². The summed E-state index contributed by atoms with van der Waals surface area (Å²) >= 11 is 0. The molecule has 10 heteroatoms. The summed E-state index contributed by atoms with van der Waals surface area (Å²) in [5.41, 5.74) is 7.16. The largest absolute Gasteiger partial charge is 0.507 e. The number of carbonyl (C=O) groups is 1. The maximum absolute atomic E-state index is 14.4. The van der Waals surface area contributed by atoms with Gasteiger partial charge in [-0.25, -0.2) is 13.8 Å². The molecule has 1 aliphatic heterocycles. The Balaban J connectivity index is 0.00000108. The van der Waals surface area contributed by atoms with E-state index in [-0.39, 0.29) is 40.8 Å². The van der Waals surface area contributed by atoms with Crippen molar-refractivity contribution < 1.29 is 28.5 Å². The first-order valence-electron chi connectivity index (χ1n) is 10.7. The third-order valence-corrected chi connectivity index (χ3v) is 5.65. The van der Waals surface area contributed by atoms with Crippen molar-refractivity contribution in [3.63, 3.8) is 0 Å². The third kappa shape index (κ3) is 5.65. The van der Waals surface area contributed by atoms with Crippen LogP contribution in [0.15, 0.2) is 42.5 Å². The summed E-state index contributed by atoms with van der Waals surface area (Å²) in [5.74, 6) is -0.836. The number of nitriles is 1. The van der Waals surface area contributed by atoms with Crippen molar-refractivity contribution in [3.8, 4) is 40.0 Å². The number of nitrogens with zero attached hydrogens (tertiary/aromatic N) is 3. The number of hydrogen-bond donors (Lipinski definition) is 3. The first kappa shape index (κ1) is 25.4. The lowest BCUT2D eigenvalue weighted by atomic mass is 9.97. The van der Waals surface area contributed by atoms with Gasteiger partial charge in [0.15, 0.2) is 11.6 Å². The van der Waals surface area contributed by atoms with E-state index in [2.05, 4.69) is 0 Å². The normalized spacial score (nSPS) is 13.4. The number of nitrogens with two attached hydrogens (primary N) is 1. The molecule has 3 aromatic rings. The minimum absolute atomic E-state index is 0.0634. The Labute approximate surface area is 200 Å². The van der Waals surface area contributed by atoms with Gasteiger partial charge >= 0.3 is 0 Å². The second kappa shape index (κ2) is 11.3. The highest BCUT2D eigenvalue weighted by Crippen LogP contribution is 2.41. The first-order chi connectivity index (χ1) is 16.8. The molecule has 0 spiro atoms. The summed E-state index contributed by atoms with van der Waals surface area (Å²) in [6, 6.07) is 11.8. The SMILES string of the molecule is COc1ccc(-c2c(O)cc(N3CCC(N)CC3)nc2-c2ccc(C#N)c(F)c2)cc1F.O=CO. The summed E-state index contributed by atoms with van der Waals surface area (Å²) in [4.78, 5) is 15.1. The lowest BCUT2D eigenvalue weighted by Crippen LogP contribution is -2.40. The average Bonchev–Trinajstić information content (AvgIpc) is 2.84.